The van der Waals surface area contributed by atoms with Crippen molar-refractivity contribution in [3.05, 3.63) is 35.5 Å². The first kappa shape index (κ1) is 20.3. The summed E-state index contributed by atoms with van der Waals surface area (Å²) in [7, 11) is 0. The number of hydrogen-bond donors (Lipinski definition) is 0. The van der Waals surface area contributed by atoms with Gasteiger partial charge in [-0.05, 0) is 67.9 Å². The van der Waals surface area contributed by atoms with Gasteiger partial charge in [0.05, 0.1) is 0 Å². The summed E-state index contributed by atoms with van der Waals surface area (Å²) in [6.07, 6.45) is 11.8. The first-order valence-corrected chi connectivity index (χ1v) is 10.9. The Labute approximate surface area is 173 Å². The molecule has 4 heteroatoms. The van der Waals surface area contributed by atoms with Crippen molar-refractivity contribution in [1.29, 1.82) is 0 Å². The van der Waals surface area contributed by atoms with E-state index in [1.807, 2.05) is 6.08 Å². The smallest absolute Gasteiger partial charge is 0.303 e. The van der Waals surface area contributed by atoms with Crippen LogP contribution >= 0.6 is 0 Å². The van der Waals surface area contributed by atoms with Gasteiger partial charge in [0.25, 0.3) is 0 Å². The Hall–Kier alpha value is -1.97. The Morgan fingerprint density at radius 1 is 1.24 bits per heavy atom. The molecule has 0 aromatic rings. The van der Waals surface area contributed by atoms with Gasteiger partial charge in [0, 0.05) is 17.8 Å². The lowest BCUT2D eigenvalue weighted by Gasteiger charge is -2.54. The molecule has 0 aromatic heterocycles. The highest BCUT2D eigenvalue weighted by atomic mass is 16.5. The molecule has 156 valence electrons. The zero-order valence-electron chi connectivity index (χ0n) is 18.2. The Morgan fingerprint density at radius 2 is 1.97 bits per heavy atom. The first-order valence-electron chi connectivity index (χ1n) is 10.9. The van der Waals surface area contributed by atoms with Crippen LogP contribution in [0.5, 0.6) is 0 Å². The Bertz CT molecular complexity index is 877. The van der Waals surface area contributed by atoms with E-state index in [0.717, 1.165) is 25.7 Å². The summed E-state index contributed by atoms with van der Waals surface area (Å²) in [4.78, 5) is 36.5. The zero-order valence-corrected chi connectivity index (χ0v) is 18.2. The van der Waals surface area contributed by atoms with Gasteiger partial charge in [-0.1, -0.05) is 44.1 Å². The maximum Gasteiger partial charge on any atom is 0.303 e. The van der Waals surface area contributed by atoms with E-state index in [4.69, 9.17) is 4.74 Å². The van der Waals surface area contributed by atoms with Crippen LogP contribution in [-0.2, 0) is 19.1 Å². The average Bonchev–Trinajstić information content (AvgIpc) is 2.88. The van der Waals surface area contributed by atoms with Gasteiger partial charge in [-0.3, -0.25) is 14.4 Å². The molecule has 0 bridgehead atoms. The van der Waals surface area contributed by atoms with E-state index in [2.05, 4.69) is 39.8 Å². The van der Waals surface area contributed by atoms with Crippen molar-refractivity contribution < 1.29 is 19.1 Å². The third-order valence-electron chi connectivity index (χ3n) is 9.10. The molecule has 0 aliphatic heterocycles. The monoisotopic (exact) mass is 396 g/mol. The van der Waals surface area contributed by atoms with Crippen molar-refractivity contribution in [2.45, 2.75) is 60.3 Å². The summed E-state index contributed by atoms with van der Waals surface area (Å²) in [6.45, 7) is 10.0. The average molecular weight is 397 g/mol. The minimum absolute atomic E-state index is 0.0489. The van der Waals surface area contributed by atoms with Crippen molar-refractivity contribution in [2.24, 2.45) is 34.0 Å². The van der Waals surface area contributed by atoms with Gasteiger partial charge in [-0.25, -0.2) is 0 Å². The van der Waals surface area contributed by atoms with Gasteiger partial charge >= 0.3 is 5.97 Å². The summed E-state index contributed by atoms with van der Waals surface area (Å²) in [6, 6.07) is 0. The highest BCUT2D eigenvalue weighted by Crippen LogP contribution is 2.69. The molecule has 0 saturated heterocycles. The van der Waals surface area contributed by atoms with Crippen LogP contribution in [0.3, 0.4) is 0 Å². The van der Waals surface area contributed by atoms with Crippen molar-refractivity contribution >= 4 is 17.5 Å². The molecule has 0 aromatic carbocycles. The van der Waals surface area contributed by atoms with Crippen LogP contribution in [0.2, 0.25) is 0 Å². The molecule has 6 atom stereocenters. The van der Waals surface area contributed by atoms with Crippen LogP contribution < -0.4 is 0 Å². The van der Waals surface area contributed by atoms with E-state index in [0.29, 0.717) is 11.8 Å². The third-order valence-corrected chi connectivity index (χ3v) is 9.10. The lowest BCUT2D eigenvalue weighted by atomic mass is 9.49. The molecule has 2 saturated carbocycles. The third kappa shape index (κ3) is 2.67. The SMILES string of the molecule is CC(=O)OCC(=O)C1(C)[C@H](C)CC2C3CCC4=CC(=O)C=C[C@]4(C)C3=CC[C@@]21C. The molecule has 2 fully saturated rings. The van der Waals surface area contributed by atoms with E-state index >= 15 is 0 Å². The second kappa shape index (κ2) is 6.52. The summed E-state index contributed by atoms with van der Waals surface area (Å²) in [5.74, 6) is 0.829. The van der Waals surface area contributed by atoms with Gasteiger partial charge in [0.2, 0.25) is 0 Å². The number of carbonyl (C=O) groups excluding carboxylic acids is 3. The normalized spacial score (nSPS) is 42.9. The predicted molar refractivity (Wildman–Crippen MR) is 111 cm³/mol. The first-order chi connectivity index (χ1) is 13.5. The molecule has 4 aliphatic rings. The van der Waals surface area contributed by atoms with E-state index in [1.54, 1.807) is 6.08 Å². The standard InChI is InChI=1S/C25H32O4/c1-15-12-21-19-7-6-17-13-18(27)8-10-23(17,3)20(19)9-11-24(21,4)25(15,5)22(28)14-29-16(2)26/h8-10,13,15,19,21H,6-7,11-12,14H2,1-5H3/t15-,19?,21?,23+,24+,25?/m1/s1. The maximum absolute atomic E-state index is 13.3. The number of fused-ring (bicyclic) bond motifs is 5. The van der Waals surface area contributed by atoms with Gasteiger partial charge in [-0.15, -0.1) is 0 Å². The predicted octanol–water partition coefficient (Wildman–Crippen LogP) is 4.60. The zero-order chi connectivity index (χ0) is 21.2. The molecule has 3 unspecified atom stereocenters. The van der Waals surface area contributed by atoms with Gasteiger partial charge in [0.15, 0.2) is 18.2 Å². The van der Waals surface area contributed by atoms with Crippen LogP contribution in [-0.4, -0.2) is 24.1 Å². The largest absolute Gasteiger partial charge is 0.458 e. The summed E-state index contributed by atoms with van der Waals surface area (Å²) in [5.41, 5.74) is 1.84. The Morgan fingerprint density at radius 3 is 2.66 bits per heavy atom. The van der Waals surface area contributed by atoms with Crippen molar-refractivity contribution in [1.82, 2.24) is 0 Å². The lowest BCUT2D eigenvalue weighted by Crippen LogP contribution is -2.51. The Balaban J connectivity index is 1.71. The topological polar surface area (TPSA) is 60.4 Å². The molecule has 29 heavy (non-hydrogen) atoms. The van der Waals surface area contributed by atoms with E-state index in [1.165, 1.54) is 18.1 Å². The van der Waals surface area contributed by atoms with Crippen molar-refractivity contribution in [3.63, 3.8) is 0 Å². The molecular formula is C25H32O4. The molecule has 0 spiro atoms. The number of allylic oxidation sites excluding steroid dienone is 6. The molecular weight excluding hydrogens is 364 g/mol. The second-order valence-corrected chi connectivity index (χ2v) is 10.2. The fourth-order valence-corrected chi connectivity index (χ4v) is 7.00. The molecule has 0 amide bonds. The van der Waals surface area contributed by atoms with Crippen molar-refractivity contribution in [3.8, 4) is 0 Å². The highest BCUT2D eigenvalue weighted by molar-refractivity contribution is 6.01. The van der Waals surface area contributed by atoms with Crippen LogP contribution in [0.25, 0.3) is 0 Å². The number of hydrogen-bond acceptors (Lipinski definition) is 4. The number of ketones is 2. The molecule has 4 aliphatic carbocycles. The van der Waals surface area contributed by atoms with Gasteiger partial charge < -0.3 is 4.74 Å². The van der Waals surface area contributed by atoms with E-state index < -0.39 is 11.4 Å². The summed E-state index contributed by atoms with van der Waals surface area (Å²) < 4.78 is 5.11. The highest BCUT2D eigenvalue weighted by Gasteiger charge is 2.65. The van der Waals surface area contributed by atoms with Crippen LogP contribution in [0, 0.1) is 34.0 Å². The molecule has 0 radical (unpaired) electrons. The van der Waals surface area contributed by atoms with Gasteiger partial charge in [0.1, 0.15) is 0 Å². The van der Waals surface area contributed by atoms with Crippen LogP contribution in [0.15, 0.2) is 35.5 Å². The van der Waals surface area contributed by atoms with E-state index in [-0.39, 0.29) is 34.9 Å². The lowest BCUT2D eigenvalue weighted by molar-refractivity contribution is -0.153. The van der Waals surface area contributed by atoms with Crippen LogP contribution in [0.1, 0.15) is 60.3 Å². The minimum atomic E-state index is -0.509. The van der Waals surface area contributed by atoms with E-state index in [9.17, 15) is 14.4 Å². The summed E-state index contributed by atoms with van der Waals surface area (Å²) >= 11 is 0. The fraction of sp³-hybridized carbons (Fsp3) is 0.640. The fourth-order valence-electron chi connectivity index (χ4n) is 7.00. The Kier molecular flexibility index (Phi) is 4.56. The maximum atomic E-state index is 13.3. The number of ether oxygens (including phenoxy) is 1. The number of esters is 1. The molecule has 4 rings (SSSR count). The summed E-state index contributed by atoms with van der Waals surface area (Å²) in [5, 5.41) is 0. The molecule has 0 N–H and O–H groups in total. The van der Waals surface area contributed by atoms with Crippen LogP contribution in [0.4, 0.5) is 0 Å². The number of carbonyl (C=O) groups is 3. The quantitative estimate of drug-likeness (QED) is 0.517. The second-order valence-electron chi connectivity index (χ2n) is 10.2. The number of Topliss-reactive ketones (excluding diaryl/α,β-unsaturated/α-hetero) is 1. The molecule has 4 nitrogen and oxygen atoms in total. The minimum Gasteiger partial charge on any atom is -0.458 e. The van der Waals surface area contributed by atoms with Crippen molar-refractivity contribution in [2.75, 3.05) is 6.61 Å². The molecule has 0 heterocycles. The van der Waals surface area contributed by atoms with Gasteiger partial charge in [-0.2, -0.15) is 0 Å². The number of rotatable bonds is 3.